The normalized spacial score (nSPS) is 11.6. The van der Waals surface area contributed by atoms with Crippen LogP contribution in [-0.2, 0) is 11.3 Å². The summed E-state index contributed by atoms with van der Waals surface area (Å²) in [5.74, 6) is 0.0765. The van der Waals surface area contributed by atoms with Crippen LogP contribution in [0, 0.1) is 11.3 Å². The molecule has 0 saturated carbocycles. The smallest absolute Gasteiger partial charge is 0.221 e. The topological polar surface area (TPSA) is 64.9 Å². The highest BCUT2D eigenvalue weighted by atomic mass is 16.1. The Morgan fingerprint density at radius 3 is 2.95 bits per heavy atom. The summed E-state index contributed by atoms with van der Waals surface area (Å²) in [5, 5.41) is 14.9. The van der Waals surface area contributed by atoms with Gasteiger partial charge in [-0.1, -0.05) is 19.1 Å². The minimum absolute atomic E-state index is 0.0765. The van der Waals surface area contributed by atoms with Crippen molar-refractivity contribution in [2.24, 2.45) is 0 Å². The van der Waals surface area contributed by atoms with Gasteiger partial charge in [-0.25, -0.2) is 0 Å². The van der Waals surface area contributed by atoms with Gasteiger partial charge in [0.15, 0.2) is 0 Å². The maximum atomic E-state index is 11.5. The second kappa shape index (κ2) is 8.28. The molecule has 1 aromatic carbocycles. The summed E-state index contributed by atoms with van der Waals surface area (Å²) in [5.41, 5.74) is 1.72. The van der Waals surface area contributed by atoms with E-state index < -0.39 is 0 Å². The summed E-state index contributed by atoms with van der Waals surface area (Å²) in [6.07, 6.45) is 1.42. The molecule has 19 heavy (non-hydrogen) atoms. The van der Waals surface area contributed by atoms with E-state index in [2.05, 4.69) is 16.7 Å². The largest absolute Gasteiger partial charge is 0.354 e. The SMILES string of the molecule is CCC(C)NC(=O)CCNCc1cccc(C#N)c1. The molecular formula is C15H21N3O. The van der Waals surface area contributed by atoms with E-state index in [1.807, 2.05) is 32.0 Å². The van der Waals surface area contributed by atoms with Gasteiger partial charge < -0.3 is 10.6 Å². The van der Waals surface area contributed by atoms with Crippen molar-refractivity contribution in [1.82, 2.24) is 10.6 Å². The van der Waals surface area contributed by atoms with Crippen molar-refractivity contribution in [2.45, 2.75) is 39.3 Å². The van der Waals surface area contributed by atoms with Crippen LogP contribution in [0.5, 0.6) is 0 Å². The van der Waals surface area contributed by atoms with Crippen LogP contribution in [0.15, 0.2) is 24.3 Å². The second-order valence-corrected chi connectivity index (χ2v) is 4.62. The number of benzene rings is 1. The van der Waals surface area contributed by atoms with Gasteiger partial charge in [0.1, 0.15) is 0 Å². The summed E-state index contributed by atoms with van der Waals surface area (Å²) < 4.78 is 0. The first kappa shape index (κ1) is 15.2. The van der Waals surface area contributed by atoms with Gasteiger partial charge in [0.05, 0.1) is 11.6 Å². The quantitative estimate of drug-likeness (QED) is 0.736. The van der Waals surface area contributed by atoms with E-state index in [-0.39, 0.29) is 11.9 Å². The van der Waals surface area contributed by atoms with Gasteiger partial charge in [0.2, 0.25) is 5.91 Å². The van der Waals surface area contributed by atoms with Crippen molar-refractivity contribution in [3.63, 3.8) is 0 Å². The number of nitrogens with one attached hydrogen (secondary N) is 2. The number of rotatable bonds is 7. The van der Waals surface area contributed by atoms with Crippen molar-refractivity contribution in [1.29, 1.82) is 5.26 Å². The molecule has 0 fully saturated rings. The van der Waals surface area contributed by atoms with Gasteiger partial charge in [0.25, 0.3) is 0 Å². The molecule has 1 amide bonds. The van der Waals surface area contributed by atoms with Crippen molar-refractivity contribution < 1.29 is 4.79 Å². The molecule has 1 unspecified atom stereocenters. The van der Waals surface area contributed by atoms with Crippen LogP contribution in [0.25, 0.3) is 0 Å². The van der Waals surface area contributed by atoms with Crippen LogP contribution in [-0.4, -0.2) is 18.5 Å². The second-order valence-electron chi connectivity index (χ2n) is 4.62. The molecule has 0 aliphatic carbocycles. The molecule has 1 rings (SSSR count). The lowest BCUT2D eigenvalue weighted by atomic mass is 10.1. The van der Waals surface area contributed by atoms with Gasteiger partial charge in [0, 0.05) is 25.6 Å². The Bertz CT molecular complexity index is 451. The van der Waals surface area contributed by atoms with Gasteiger partial charge in [-0.05, 0) is 31.0 Å². The highest BCUT2D eigenvalue weighted by molar-refractivity contribution is 5.76. The summed E-state index contributed by atoms with van der Waals surface area (Å²) >= 11 is 0. The van der Waals surface area contributed by atoms with Crippen LogP contribution in [0.1, 0.15) is 37.8 Å². The molecule has 0 radical (unpaired) electrons. The van der Waals surface area contributed by atoms with E-state index in [4.69, 9.17) is 5.26 Å². The van der Waals surface area contributed by atoms with E-state index in [0.717, 1.165) is 12.0 Å². The van der Waals surface area contributed by atoms with Gasteiger partial charge >= 0.3 is 0 Å². The summed E-state index contributed by atoms with van der Waals surface area (Å²) in [6.45, 7) is 5.36. The molecule has 4 heteroatoms. The number of carbonyl (C=O) groups excluding carboxylic acids is 1. The van der Waals surface area contributed by atoms with Crippen molar-refractivity contribution in [2.75, 3.05) is 6.54 Å². The predicted molar refractivity (Wildman–Crippen MR) is 75.4 cm³/mol. The zero-order valence-corrected chi connectivity index (χ0v) is 11.6. The highest BCUT2D eigenvalue weighted by Crippen LogP contribution is 2.03. The molecule has 0 aliphatic heterocycles. The van der Waals surface area contributed by atoms with E-state index in [1.165, 1.54) is 0 Å². The lowest BCUT2D eigenvalue weighted by Gasteiger charge is -2.11. The van der Waals surface area contributed by atoms with Crippen molar-refractivity contribution in [3.8, 4) is 6.07 Å². The number of hydrogen-bond donors (Lipinski definition) is 2. The van der Waals surface area contributed by atoms with Crippen molar-refractivity contribution in [3.05, 3.63) is 35.4 Å². The Hall–Kier alpha value is -1.86. The zero-order valence-electron chi connectivity index (χ0n) is 11.6. The molecule has 102 valence electrons. The third-order valence-electron chi connectivity index (χ3n) is 2.93. The maximum absolute atomic E-state index is 11.5. The number of nitrogens with zero attached hydrogens (tertiary/aromatic N) is 1. The molecule has 0 bridgehead atoms. The fourth-order valence-electron chi connectivity index (χ4n) is 1.63. The molecule has 0 saturated heterocycles. The minimum atomic E-state index is 0.0765. The fourth-order valence-corrected chi connectivity index (χ4v) is 1.63. The molecule has 0 aromatic heterocycles. The standard InChI is InChI=1S/C15H21N3O/c1-3-12(2)18-15(19)7-8-17-11-14-6-4-5-13(9-14)10-16/h4-6,9,12,17H,3,7-8,11H2,1-2H3,(H,18,19). The molecule has 1 aromatic rings. The number of amides is 1. The highest BCUT2D eigenvalue weighted by Gasteiger charge is 2.04. The monoisotopic (exact) mass is 259 g/mol. The maximum Gasteiger partial charge on any atom is 0.221 e. The molecule has 0 aliphatic rings. The van der Waals surface area contributed by atoms with Gasteiger partial charge in [-0.2, -0.15) is 5.26 Å². The first-order valence-electron chi connectivity index (χ1n) is 6.64. The van der Waals surface area contributed by atoms with Gasteiger partial charge in [-0.3, -0.25) is 4.79 Å². The lowest BCUT2D eigenvalue weighted by molar-refractivity contribution is -0.121. The van der Waals surface area contributed by atoms with Gasteiger partial charge in [-0.15, -0.1) is 0 Å². The predicted octanol–water partition coefficient (Wildman–Crippen LogP) is 1.95. The minimum Gasteiger partial charge on any atom is -0.354 e. The van der Waals surface area contributed by atoms with Crippen LogP contribution in [0.2, 0.25) is 0 Å². The van der Waals surface area contributed by atoms with E-state index in [0.29, 0.717) is 25.1 Å². The fraction of sp³-hybridized carbons (Fsp3) is 0.467. The van der Waals surface area contributed by atoms with Crippen LogP contribution in [0.3, 0.4) is 0 Å². The molecule has 0 heterocycles. The Labute approximate surface area is 114 Å². The van der Waals surface area contributed by atoms with Crippen LogP contribution < -0.4 is 10.6 Å². The first-order chi connectivity index (χ1) is 9.15. The van der Waals surface area contributed by atoms with E-state index in [9.17, 15) is 4.79 Å². The van der Waals surface area contributed by atoms with E-state index >= 15 is 0 Å². The zero-order chi connectivity index (χ0) is 14.1. The molecular weight excluding hydrogens is 238 g/mol. The molecule has 1 atom stereocenters. The van der Waals surface area contributed by atoms with Crippen LogP contribution in [0.4, 0.5) is 0 Å². The Morgan fingerprint density at radius 1 is 1.47 bits per heavy atom. The average molecular weight is 259 g/mol. The third kappa shape index (κ3) is 6.03. The van der Waals surface area contributed by atoms with Crippen LogP contribution >= 0.6 is 0 Å². The van der Waals surface area contributed by atoms with Crippen molar-refractivity contribution >= 4 is 5.91 Å². The summed E-state index contributed by atoms with van der Waals surface area (Å²) in [7, 11) is 0. The Kier molecular flexibility index (Phi) is 6.62. The molecule has 0 spiro atoms. The summed E-state index contributed by atoms with van der Waals surface area (Å²) in [6, 6.07) is 9.81. The first-order valence-corrected chi connectivity index (χ1v) is 6.64. The number of nitriles is 1. The average Bonchev–Trinajstić information content (AvgIpc) is 2.43. The number of hydrogen-bond acceptors (Lipinski definition) is 3. The number of carbonyl (C=O) groups is 1. The summed E-state index contributed by atoms with van der Waals surface area (Å²) in [4.78, 5) is 11.5. The van der Waals surface area contributed by atoms with E-state index in [1.54, 1.807) is 6.07 Å². The third-order valence-corrected chi connectivity index (χ3v) is 2.93. The Morgan fingerprint density at radius 2 is 2.26 bits per heavy atom. The molecule has 4 nitrogen and oxygen atoms in total. The Balaban J connectivity index is 2.24. The molecule has 2 N–H and O–H groups in total. The lowest BCUT2D eigenvalue weighted by Crippen LogP contribution is -2.33.